The molecule has 2 atom stereocenters. The van der Waals surface area contributed by atoms with Crippen LogP contribution in [0.1, 0.15) is 25.8 Å². The first-order valence-electron chi connectivity index (χ1n) is 6.28. The second-order valence-electron chi connectivity index (χ2n) is 4.59. The normalized spacial score (nSPS) is 13.7. The molecule has 0 aromatic heterocycles. The lowest BCUT2D eigenvalue weighted by Gasteiger charge is -2.19. The number of carbonyl (C=O) groups is 1. The molecule has 1 rings (SSSR count). The van der Waals surface area contributed by atoms with E-state index in [0.717, 1.165) is 5.56 Å². The number of hydrogen-bond donors (Lipinski definition) is 2. The summed E-state index contributed by atoms with van der Waals surface area (Å²) < 4.78 is 5.61. The summed E-state index contributed by atoms with van der Waals surface area (Å²) in [7, 11) is 0. The van der Waals surface area contributed by atoms with Gasteiger partial charge < -0.3 is 15.2 Å². The van der Waals surface area contributed by atoms with Gasteiger partial charge in [-0.1, -0.05) is 11.6 Å². The standard InChI is InChI=1S/C14H20ClNO3/c1-9-8-12(15)4-5-13(9)19-11(3)14(18)16-10(2)6-7-17/h4-5,8,10-11,17H,6-7H2,1-3H3,(H,16,18)/t10-,11?/m1/s1. The Hall–Kier alpha value is -1.26. The van der Waals surface area contributed by atoms with Crippen LogP contribution in [0.15, 0.2) is 18.2 Å². The lowest BCUT2D eigenvalue weighted by Crippen LogP contribution is -2.41. The van der Waals surface area contributed by atoms with Gasteiger partial charge in [0.1, 0.15) is 5.75 Å². The van der Waals surface area contributed by atoms with E-state index in [2.05, 4.69) is 5.32 Å². The van der Waals surface area contributed by atoms with Crippen LogP contribution in [0.3, 0.4) is 0 Å². The monoisotopic (exact) mass is 285 g/mol. The summed E-state index contributed by atoms with van der Waals surface area (Å²) in [5, 5.41) is 12.2. The molecule has 19 heavy (non-hydrogen) atoms. The largest absolute Gasteiger partial charge is 0.481 e. The molecule has 0 aliphatic heterocycles. The molecule has 5 heteroatoms. The van der Waals surface area contributed by atoms with Gasteiger partial charge in [-0.25, -0.2) is 0 Å². The highest BCUT2D eigenvalue weighted by Gasteiger charge is 2.17. The van der Waals surface area contributed by atoms with Crippen LogP contribution in [0.5, 0.6) is 5.75 Å². The quantitative estimate of drug-likeness (QED) is 0.843. The number of benzene rings is 1. The Labute approximate surface area is 118 Å². The molecule has 0 bridgehead atoms. The van der Waals surface area contributed by atoms with Gasteiger partial charge in [0.05, 0.1) is 0 Å². The van der Waals surface area contributed by atoms with E-state index in [9.17, 15) is 4.79 Å². The first-order valence-corrected chi connectivity index (χ1v) is 6.66. The minimum atomic E-state index is -0.596. The molecule has 1 amide bonds. The molecule has 2 N–H and O–H groups in total. The molecule has 0 radical (unpaired) electrons. The van der Waals surface area contributed by atoms with Gasteiger partial charge in [0, 0.05) is 17.7 Å². The van der Waals surface area contributed by atoms with Crippen molar-refractivity contribution < 1.29 is 14.6 Å². The zero-order valence-electron chi connectivity index (χ0n) is 11.4. The van der Waals surface area contributed by atoms with Gasteiger partial charge in [0.15, 0.2) is 6.10 Å². The molecule has 0 spiro atoms. The van der Waals surface area contributed by atoms with E-state index < -0.39 is 6.10 Å². The number of nitrogens with one attached hydrogen (secondary N) is 1. The second-order valence-corrected chi connectivity index (χ2v) is 5.03. The lowest BCUT2D eigenvalue weighted by molar-refractivity contribution is -0.127. The number of hydrogen-bond acceptors (Lipinski definition) is 3. The smallest absolute Gasteiger partial charge is 0.260 e. The summed E-state index contributed by atoms with van der Waals surface area (Å²) >= 11 is 5.86. The van der Waals surface area contributed by atoms with Crippen molar-refractivity contribution in [1.82, 2.24) is 5.32 Å². The molecular weight excluding hydrogens is 266 g/mol. The average molecular weight is 286 g/mol. The maximum atomic E-state index is 11.9. The van der Waals surface area contributed by atoms with E-state index in [1.165, 1.54) is 0 Å². The fourth-order valence-electron chi connectivity index (χ4n) is 1.62. The van der Waals surface area contributed by atoms with Crippen LogP contribution in [0, 0.1) is 6.92 Å². The van der Waals surface area contributed by atoms with Crippen LogP contribution in [-0.2, 0) is 4.79 Å². The van der Waals surface area contributed by atoms with Crippen molar-refractivity contribution in [3.05, 3.63) is 28.8 Å². The zero-order valence-corrected chi connectivity index (χ0v) is 12.2. The van der Waals surface area contributed by atoms with Crippen LogP contribution in [-0.4, -0.2) is 29.8 Å². The Balaban J connectivity index is 2.58. The van der Waals surface area contributed by atoms with E-state index >= 15 is 0 Å². The molecule has 1 unspecified atom stereocenters. The number of aliphatic hydroxyl groups excluding tert-OH is 1. The minimum Gasteiger partial charge on any atom is -0.481 e. The third-order valence-electron chi connectivity index (χ3n) is 2.76. The van der Waals surface area contributed by atoms with Crippen LogP contribution in [0.2, 0.25) is 5.02 Å². The number of aryl methyl sites for hydroxylation is 1. The van der Waals surface area contributed by atoms with Crippen LogP contribution in [0.4, 0.5) is 0 Å². The van der Waals surface area contributed by atoms with Crippen LogP contribution in [0.25, 0.3) is 0 Å². The van der Waals surface area contributed by atoms with Crippen LogP contribution >= 0.6 is 11.6 Å². The Kier molecular flexibility index (Phi) is 6.12. The van der Waals surface area contributed by atoms with E-state index in [1.807, 2.05) is 13.8 Å². The number of halogens is 1. The van der Waals surface area contributed by atoms with Gasteiger partial charge in [0.2, 0.25) is 0 Å². The molecular formula is C14H20ClNO3. The summed E-state index contributed by atoms with van der Waals surface area (Å²) in [5.74, 6) is 0.442. The van der Waals surface area contributed by atoms with Gasteiger partial charge in [0.25, 0.3) is 5.91 Å². The third-order valence-corrected chi connectivity index (χ3v) is 3.00. The maximum absolute atomic E-state index is 11.9. The number of carbonyl (C=O) groups excluding carboxylic acids is 1. The number of aliphatic hydroxyl groups is 1. The van der Waals surface area contributed by atoms with Crippen molar-refractivity contribution in [3.63, 3.8) is 0 Å². The van der Waals surface area contributed by atoms with Gasteiger partial charge >= 0.3 is 0 Å². The number of ether oxygens (including phenoxy) is 1. The van der Waals surface area contributed by atoms with E-state index in [4.69, 9.17) is 21.4 Å². The lowest BCUT2D eigenvalue weighted by atomic mass is 10.2. The van der Waals surface area contributed by atoms with Crippen LogP contribution < -0.4 is 10.1 Å². The summed E-state index contributed by atoms with van der Waals surface area (Å²) in [6.07, 6.45) is -0.0701. The highest BCUT2D eigenvalue weighted by Crippen LogP contribution is 2.22. The fraction of sp³-hybridized carbons (Fsp3) is 0.500. The highest BCUT2D eigenvalue weighted by atomic mass is 35.5. The molecule has 106 valence electrons. The minimum absolute atomic E-state index is 0.0486. The zero-order chi connectivity index (χ0) is 14.4. The van der Waals surface area contributed by atoms with Crippen molar-refractivity contribution in [1.29, 1.82) is 0 Å². The average Bonchev–Trinajstić information content (AvgIpc) is 2.32. The molecule has 4 nitrogen and oxygen atoms in total. The van der Waals surface area contributed by atoms with Gasteiger partial charge in [-0.05, 0) is 51.0 Å². The molecule has 0 aliphatic rings. The van der Waals surface area contributed by atoms with Gasteiger partial charge in [-0.3, -0.25) is 4.79 Å². The molecule has 0 saturated carbocycles. The van der Waals surface area contributed by atoms with E-state index in [-0.39, 0.29) is 18.6 Å². The molecule has 1 aromatic carbocycles. The topological polar surface area (TPSA) is 58.6 Å². The molecule has 0 saturated heterocycles. The van der Waals surface area contributed by atoms with E-state index in [0.29, 0.717) is 17.2 Å². The summed E-state index contributed by atoms with van der Waals surface area (Å²) in [4.78, 5) is 11.9. The Morgan fingerprint density at radius 3 is 2.74 bits per heavy atom. The fourth-order valence-corrected chi connectivity index (χ4v) is 1.84. The SMILES string of the molecule is Cc1cc(Cl)ccc1OC(C)C(=O)N[C@H](C)CCO. The van der Waals surface area contributed by atoms with Gasteiger partial charge in [-0.15, -0.1) is 0 Å². The van der Waals surface area contributed by atoms with Crippen molar-refractivity contribution >= 4 is 17.5 Å². The summed E-state index contributed by atoms with van der Waals surface area (Å²) in [6, 6.07) is 5.19. The van der Waals surface area contributed by atoms with Crippen molar-refractivity contribution in [2.45, 2.75) is 39.3 Å². The van der Waals surface area contributed by atoms with Crippen molar-refractivity contribution in [3.8, 4) is 5.75 Å². The van der Waals surface area contributed by atoms with Gasteiger partial charge in [-0.2, -0.15) is 0 Å². The second kappa shape index (κ2) is 7.36. The molecule has 0 heterocycles. The number of amides is 1. The predicted octanol–water partition coefficient (Wildman–Crippen LogP) is 2.30. The summed E-state index contributed by atoms with van der Waals surface area (Å²) in [6.45, 7) is 5.45. The van der Waals surface area contributed by atoms with E-state index in [1.54, 1.807) is 25.1 Å². The first-order chi connectivity index (χ1) is 8.93. The Bertz CT molecular complexity index is 437. The Morgan fingerprint density at radius 1 is 1.47 bits per heavy atom. The van der Waals surface area contributed by atoms with Crippen molar-refractivity contribution in [2.24, 2.45) is 0 Å². The first kappa shape index (κ1) is 15.8. The molecule has 0 aliphatic carbocycles. The maximum Gasteiger partial charge on any atom is 0.260 e. The van der Waals surface area contributed by atoms with Crippen molar-refractivity contribution in [2.75, 3.05) is 6.61 Å². The predicted molar refractivity (Wildman–Crippen MR) is 75.6 cm³/mol. The third kappa shape index (κ3) is 5.09. The highest BCUT2D eigenvalue weighted by molar-refractivity contribution is 6.30. The Morgan fingerprint density at radius 2 is 2.16 bits per heavy atom. The molecule has 0 fully saturated rings. The number of rotatable bonds is 6. The summed E-state index contributed by atoms with van der Waals surface area (Å²) in [5.41, 5.74) is 0.885. The molecule has 1 aromatic rings.